The Balaban J connectivity index is 1.46. The second-order valence-electron chi connectivity index (χ2n) is 7.44. The third kappa shape index (κ3) is 3.35. The molecule has 5 nitrogen and oxygen atoms in total. The number of piperidine rings is 1. The van der Waals surface area contributed by atoms with Gasteiger partial charge < -0.3 is 15.1 Å². The molecule has 0 radical (unpaired) electrons. The summed E-state index contributed by atoms with van der Waals surface area (Å²) in [5.41, 5.74) is 2.37. The molecule has 1 aliphatic heterocycles. The van der Waals surface area contributed by atoms with Crippen LogP contribution in [0.2, 0.25) is 0 Å². The van der Waals surface area contributed by atoms with Gasteiger partial charge in [-0.3, -0.25) is 4.79 Å². The number of hydrogen-bond donors (Lipinski definition) is 1. The highest BCUT2D eigenvalue weighted by Crippen LogP contribution is 2.33. The van der Waals surface area contributed by atoms with Crippen LogP contribution < -0.4 is 10.2 Å². The van der Waals surface area contributed by atoms with E-state index in [1.54, 1.807) is 18.0 Å². The van der Waals surface area contributed by atoms with Gasteiger partial charge in [0, 0.05) is 19.3 Å². The summed E-state index contributed by atoms with van der Waals surface area (Å²) in [5.74, 6) is -0.281. The number of para-hydroxylation sites is 1. The van der Waals surface area contributed by atoms with E-state index in [0.29, 0.717) is 31.4 Å². The normalized spacial score (nSPS) is 21.4. The molecule has 0 bridgehead atoms. The molecule has 3 amide bonds. The van der Waals surface area contributed by atoms with Gasteiger partial charge >= 0.3 is 6.03 Å². The summed E-state index contributed by atoms with van der Waals surface area (Å²) in [6.45, 7) is 0.657. The van der Waals surface area contributed by atoms with Gasteiger partial charge in [0.05, 0.1) is 6.04 Å². The fourth-order valence-corrected chi connectivity index (χ4v) is 4.23. The minimum atomic E-state index is -0.498. The summed E-state index contributed by atoms with van der Waals surface area (Å²) in [7, 11) is 1.66. The van der Waals surface area contributed by atoms with Crippen molar-refractivity contribution in [2.24, 2.45) is 0 Å². The predicted molar refractivity (Wildman–Crippen MR) is 106 cm³/mol. The van der Waals surface area contributed by atoms with E-state index in [-0.39, 0.29) is 23.8 Å². The monoisotopic (exact) mass is 381 g/mol. The number of fused-ring (bicyclic) bond motifs is 1. The van der Waals surface area contributed by atoms with Crippen molar-refractivity contribution in [2.45, 2.75) is 37.8 Å². The molecule has 1 saturated heterocycles. The minimum absolute atomic E-state index is 0.0621. The van der Waals surface area contributed by atoms with Gasteiger partial charge in [0.1, 0.15) is 11.9 Å². The summed E-state index contributed by atoms with van der Waals surface area (Å²) < 4.78 is 13.9. The van der Waals surface area contributed by atoms with E-state index in [2.05, 4.69) is 5.32 Å². The fourth-order valence-electron chi connectivity index (χ4n) is 4.23. The standard InChI is InChI=1S/C22H24FN3O2/c1-25(20-11-6-14-26(21(20)27)15-7-3-2-4-8-15)22(28)24-19-13-12-16-17(19)9-5-10-18(16)23/h2-5,7-10,19-20H,6,11-14H2,1H3,(H,24,28). The first-order valence-electron chi connectivity index (χ1n) is 9.73. The van der Waals surface area contributed by atoms with Crippen LogP contribution in [0.4, 0.5) is 14.9 Å². The molecule has 1 fully saturated rings. The lowest BCUT2D eigenvalue weighted by atomic mass is 10.0. The molecule has 2 aromatic rings. The zero-order valence-corrected chi connectivity index (χ0v) is 15.9. The van der Waals surface area contributed by atoms with E-state index in [9.17, 15) is 14.0 Å². The van der Waals surface area contributed by atoms with Gasteiger partial charge in [0.25, 0.3) is 0 Å². The first-order chi connectivity index (χ1) is 13.6. The van der Waals surface area contributed by atoms with Crippen molar-refractivity contribution in [1.82, 2.24) is 10.2 Å². The van der Waals surface area contributed by atoms with Gasteiger partial charge in [0.2, 0.25) is 5.91 Å². The Morgan fingerprint density at radius 1 is 1.14 bits per heavy atom. The molecule has 0 saturated carbocycles. The smallest absolute Gasteiger partial charge is 0.318 e. The fraction of sp³-hybridized carbons (Fsp3) is 0.364. The quantitative estimate of drug-likeness (QED) is 0.882. The Morgan fingerprint density at radius 3 is 2.71 bits per heavy atom. The molecule has 2 unspecified atom stereocenters. The molecule has 2 atom stereocenters. The first-order valence-corrected chi connectivity index (χ1v) is 9.73. The number of nitrogens with one attached hydrogen (secondary N) is 1. The number of carbonyl (C=O) groups is 2. The summed E-state index contributed by atoms with van der Waals surface area (Å²) in [5, 5.41) is 2.98. The maximum absolute atomic E-state index is 13.9. The number of nitrogens with zero attached hydrogens (tertiary/aromatic N) is 2. The number of carbonyl (C=O) groups excluding carboxylic acids is 2. The number of anilines is 1. The van der Waals surface area contributed by atoms with Crippen LogP contribution in [0.25, 0.3) is 0 Å². The van der Waals surface area contributed by atoms with Crippen LogP contribution >= 0.6 is 0 Å². The Labute approximate surface area is 164 Å². The van der Waals surface area contributed by atoms with Crippen LogP contribution in [0.5, 0.6) is 0 Å². The third-order valence-corrected chi connectivity index (χ3v) is 5.78. The van der Waals surface area contributed by atoms with Crippen molar-refractivity contribution in [3.8, 4) is 0 Å². The van der Waals surface area contributed by atoms with Crippen molar-refractivity contribution < 1.29 is 14.0 Å². The average Bonchev–Trinajstić information content (AvgIpc) is 3.12. The van der Waals surface area contributed by atoms with E-state index in [4.69, 9.17) is 0 Å². The number of hydrogen-bond acceptors (Lipinski definition) is 2. The lowest BCUT2D eigenvalue weighted by Gasteiger charge is -2.37. The lowest BCUT2D eigenvalue weighted by Crippen LogP contribution is -2.55. The lowest BCUT2D eigenvalue weighted by molar-refractivity contribution is -0.123. The zero-order chi connectivity index (χ0) is 19.7. The molecule has 1 aliphatic carbocycles. The molecule has 146 valence electrons. The molecule has 6 heteroatoms. The van der Waals surface area contributed by atoms with Gasteiger partial charge in [-0.1, -0.05) is 30.3 Å². The highest BCUT2D eigenvalue weighted by atomic mass is 19.1. The Bertz CT molecular complexity index is 887. The number of urea groups is 1. The van der Waals surface area contributed by atoms with E-state index >= 15 is 0 Å². The van der Waals surface area contributed by atoms with Gasteiger partial charge in [-0.05, 0) is 55.0 Å². The van der Waals surface area contributed by atoms with E-state index in [1.807, 2.05) is 36.4 Å². The molecule has 1 N–H and O–H groups in total. The SMILES string of the molecule is CN(C(=O)NC1CCc2c(F)cccc21)C1CCCN(c2ccccc2)C1=O. The van der Waals surface area contributed by atoms with Crippen molar-refractivity contribution in [1.29, 1.82) is 0 Å². The van der Waals surface area contributed by atoms with Crippen molar-refractivity contribution >= 4 is 17.6 Å². The Morgan fingerprint density at radius 2 is 1.93 bits per heavy atom. The molecular weight excluding hydrogens is 357 g/mol. The van der Waals surface area contributed by atoms with Gasteiger partial charge in [0.15, 0.2) is 0 Å². The Kier molecular flexibility index (Phi) is 5.03. The average molecular weight is 381 g/mol. The van der Waals surface area contributed by atoms with Gasteiger partial charge in [-0.15, -0.1) is 0 Å². The van der Waals surface area contributed by atoms with Crippen LogP contribution in [-0.2, 0) is 11.2 Å². The Hall–Kier alpha value is -2.89. The molecular formula is C22H24FN3O2. The largest absolute Gasteiger partial charge is 0.331 e. The van der Waals surface area contributed by atoms with Crippen molar-refractivity contribution in [3.63, 3.8) is 0 Å². The van der Waals surface area contributed by atoms with Crippen LogP contribution in [0.3, 0.4) is 0 Å². The van der Waals surface area contributed by atoms with E-state index in [1.165, 1.54) is 11.0 Å². The summed E-state index contributed by atoms with van der Waals surface area (Å²) in [6.07, 6.45) is 2.76. The van der Waals surface area contributed by atoms with E-state index in [0.717, 1.165) is 17.7 Å². The minimum Gasteiger partial charge on any atom is -0.331 e. The maximum Gasteiger partial charge on any atom is 0.318 e. The molecule has 1 heterocycles. The number of rotatable bonds is 3. The van der Waals surface area contributed by atoms with Crippen LogP contribution in [0, 0.1) is 5.82 Å². The van der Waals surface area contributed by atoms with Crippen LogP contribution in [0.15, 0.2) is 48.5 Å². The number of likely N-dealkylation sites (N-methyl/N-ethyl adjacent to an activating group) is 1. The topological polar surface area (TPSA) is 52.7 Å². The molecule has 0 aromatic heterocycles. The maximum atomic E-state index is 13.9. The van der Waals surface area contributed by atoms with Crippen molar-refractivity contribution in [3.05, 3.63) is 65.5 Å². The number of benzene rings is 2. The second kappa shape index (κ2) is 7.62. The highest BCUT2D eigenvalue weighted by Gasteiger charge is 2.36. The van der Waals surface area contributed by atoms with E-state index < -0.39 is 6.04 Å². The van der Waals surface area contributed by atoms with Crippen LogP contribution in [0.1, 0.15) is 36.4 Å². The molecule has 28 heavy (non-hydrogen) atoms. The molecule has 2 aliphatic rings. The van der Waals surface area contributed by atoms with Crippen LogP contribution in [-0.4, -0.2) is 36.5 Å². The summed E-state index contributed by atoms with van der Waals surface area (Å²) in [4.78, 5) is 29.1. The summed E-state index contributed by atoms with van der Waals surface area (Å²) >= 11 is 0. The highest BCUT2D eigenvalue weighted by molar-refractivity contribution is 5.99. The zero-order valence-electron chi connectivity index (χ0n) is 15.9. The first kappa shape index (κ1) is 18.5. The molecule has 2 aromatic carbocycles. The molecule has 4 rings (SSSR count). The number of amides is 3. The number of halogens is 1. The van der Waals surface area contributed by atoms with Gasteiger partial charge in [-0.25, -0.2) is 9.18 Å². The molecule has 0 spiro atoms. The van der Waals surface area contributed by atoms with Crippen molar-refractivity contribution in [2.75, 3.05) is 18.5 Å². The second-order valence-corrected chi connectivity index (χ2v) is 7.44. The summed E-state index contributed by atoms with van der Waals surface area (Å²) in [6, 6.07) is 13.5. The van der Waals surface area contributed by atoms with Gasteiger partial charge in [-0.2, -0.15) is 0 Å². The third-order valence-electron chi connectivity index (χ3n) is 5.78. The predicted octanol–water partition coefficient (Wildman–Crippen LogP) is 3.65.